The van der Waals surface area contributed by atoms with Crippen molar-refractivity contribution >= 4 is 16.9 Å². The van der Waals surface area contributed by atoms with Crippen molar-refractivity contribution in [3.05, 3.63) is 54.2 Å². The minimum Gasteiger partial charge on any atom is -0.457 e. The maximum atomic E-state index is 13.5. The molecule has 0 amide bonds. The molecule has 7 rings (SSSR count). The maximum absolute atomic E-state index is 13.5. The average molecular weight is 582 g/mol. The van der Waals surface area contributed by atoms with Crippen LogP contribution in [0.15, 0.2) is 48.6 Å². The van der Waals surface area contributed by atoms with Gasteiger partial charge in [-0.15, -0.1) is 0 Å². The van der Waals surface area contributed by atoms with Gasteiger partial charge in [0.25, 0.3) is 0 Å². The van der Waals surface area contributed by atoms with E-state index in [9.17, 15) is 4.79 Å². The number of pyridine rings is 1. The lowest BCUT2D eigenvalue weighted by Crippen LogP contribution is -2.66. The van der Waals surface area contributed by atoms with Crippen LogP contribution in [0.25, 0.3) is 10.9 Å². The Bertz CT molecular complexity index is 1460. The predicted octanol–water partition coefficient (Wildman–Crippen LogP) is 10.4. The first-order valence-electron chi connectivity index (χ1n) is 17.5. The number of ether oxygens (including phenoxy) is 1. The van der Waals surface area contributed by atoms with Crippen LogP contribution in [0.2, 0.25) is 0 Å². The second kappa shape index (κ2) is 9.67. The molecule has 0 spiro atoms. The number of carbonyl (C=O) groups is 1. The van der Waals surface area contributed by atoms with Crippen molar-refractivity contribution in [3.63, 3.8) is 0 Å². The van der Waals surface area contributed by atoms with Crippen molar-refractivity contribution in [1.82, 2.24) is 4.98 Å². The van der Waals surface area contributed by atoms with Crippen molar-refractivity contribution in [2.45, 2.75) is 119 Å². The van der Waals surface area contributed by atoms with E-state index in [1.807, 2.05) is 36.4 Å². The number of esters is 1. The van der Waals surface area contributed by atoms with Gasteiger partial charge in [-0.1, -0.05) is 78.0 Å². The molecule has 5 saturated carbocycles. The van der Waals surface area contributed by atoms with E-state index in [0.717, 1.165) is 41.5 Å². The fourth-order valence-electron chi connectivity index (χ4n) is 13.0. The van der Waals surface area contributed by atoms with E-state index in [1.165, 1.54) is 56.9 Å². The van der Waals surface area contributed by atoms with Crippen LogP contribution in [0.4, 0.5) is 0 Å². The number of benzene rings is 1. The molecule has 5 aliphatic rings. The average Bonchev–Trinajstić information content (AvgIpc) is 3.32. The van der Waals surface area contributed by atoms with Crippen LogP contribution in [0.1, 0.15) is 123 Å². The summed E-state index contributed by atoms with van der Waals surface area (Å²) in [5.41, 5.74) is 4.17. The minimum absolute atomic E-state index is 0.0692. The van der Waals surface area contributed by atoms with Gasteiger partial charge in [-0.2, -0.15) is 0 Å². The molecule has 0 unspecified atom stereocenters. The molecule has 3 nitrogen and oxygen atoms in total. The minimum atomic E-state index is -0.269. The van der Waals surface area contributed by atoms with Gasteiger partial charge in [0.2, 0.25) is 0 Å². The summed E-state index contributed by atoms with van der Waals surface area (Å²) in [6.07, 6.45) is 12.9. The van der Waals surface area contributed by atoms with Crippen molar-refractivity contribution in [2.75, 3.05) is 0 Å². The molecule has 43 heavy (non-hydrogen) atoms. The largest absolute Gasteiger partial charge is 0.457 e. The Morgan fingerprint density at radius 1 is 0.814 bits per heavy atom. The van der Waals surface area contributed by atoms with E-state index in [1.54, 1.807) is 0 Å². The summed E-state index contributed by atoms with van der Waals surface area (Å²) in [7, 11) is 0. The topological polar surface area (TPSA) is 39.2 Å². The zero-order valence-electron chi connectivity index (χ0n) is 28.0. The quantitative estimate of drug-likeness (QED) is 0.267. The highest BCUT2D eigenvalue weighted by Gasteiger charge is 2.70. The number of fused-ring (bicyclic) bond motifs is 8. The van der Waals surface area contributed by atoms with Crippen LogP contribution in [-0.4, -0.2) is 17.1 Å². The third-order valence-corrected chi connectivity index (χ3v) is 15.5. The molecule has 1 heterocycles. The Balaban J connectivity index is 1.15. The van der Waals surface area contributed by atoms with E-state index in [4.69, 9.17) is 4.74 Å². The Morgan fingerprint density at radius 2 is 1.58 bits per heavy atom. The van der Waals surface area contributed by atoms with Gasteiger partial charge in [0.05, 0.1) is 5.52 Å². The van der Waals surface area contributed by atoms with Crippen LogP contribution in [0, 0.1) is 56.7 Å². The normalized spacial score (nSPS) is 44.9. The number of nitrogens with zero attached hydrogens (tertiary/aromatic N) is 1. The maximum Gasteiger partial charge on any atom is 0.357 e. The number of hydrogen-bond donors (Lipinski definition) is 0. The third-order valence-electron chi connectivity index (χ3n) is 15.5. The van der Waals surface area contributed by atoms with Gasteiger partial charge in [0, 0.05) is 10.8 Å². The van der Waals surface area contributed by atoms with E-state index in [0.29, 0.717) is 33.8 Å². The molecule has 5 aliphatic carbocycles. The highest BCUT2D eigenvalue weighted by atomic mass is 16.5. The molecule has 1 aromatic heterocycles. The second-order valence-corrected chi connectivity index (χ2v) is 17.5. The molecule has 5 fully saturated rings. The van der Waals surface area contributed by atoms with Crippen molar-refractivity contribution < 1.29 is 9.53 Å². The number of aromatic nitrogens is 1. The summed E-state index contributed by atoms with van der Waals surface area (Å²) >= 11 is 0. The molecule has 0 N–H and O–H groups in total. The molecule has 2 aromatic rings. The van der Waals surface area contributed by atoms with Crippen molar-refractivity contribution in [2.24, 2.45) is 56.7 Å². The molecule has 3 heteroatoms. The first kappa shape index (κ1) is 29.5. The van der Waals surface area contributed by atoms with E-state index >= 15 is 0 Å². The Kier molecular flexibility index (Phi) is 6.64. The van der Waals surface area contributed by atoms with Crippen molar-refractivity contribution in [1.29, 1.82) is 0 Å². The number of para-hydroxylation sites is 1. The van der Waals surface area contributed by atoms with Crippen LogP contribution in [0.3, 0.4) is 0 Å². The molecule has 1 aromatic carbocycles. The monoisotopic (exact) mass is 581 g/mol. The van der Waals surface area contributed by atoms with E-state index in [-0.39, 0.29) is 22.9 Å². The summed E-state index contributed by atoms with van der Waals surface area (Å²) in [5.74, 6) is 3.35. The first-order chi connectivity index (χ1) is 20.2. The van der Waals surface area contributed by atoms with Crippen molar-refractivity contribution in [3.8, 4) is 0 Å². The lowest BCUT2D eigenvalue weighted by atomic mass is 9.32. The standard InChI is InChI=1S/C40H55NO2/c1-25(2)27-17-20-37(5)23-24-39(7)28(34(27)37)14-16-32-38(6)21-19-33(36(3,4)31(38)18-22-40(32,39)8)43-35(42)30-15-13-26-11-9-10-12-29(26)41-30/h9-13,15,27-28,31-34H,1,14,16-24H2,2-8H3/t27-,28+,31-,32+,33-,34+,37+,38-,39+,40+/m0/s1. The molecule has 0 saturated heterocycles. The molecule has 10 atom stereocenters. The SMILES string of the molecule is C=C(C)[C@@H]1CC[C@]2(C)CC[C@]3(C)[C@H](CC[C@@H]4[C@@]5(C)CC[C@H](OC(=O)c6ccc7ccccc7n6)C(C)(C)[C@@H]5CC[C@]43C)[C@@H]12. The van der Waals surface area contributed by atoms with Gasteiger partial charge in [0.15, 0.2) is 0 Å². The Morgan fingerprint density at radius 3 is 2.35 bits per heavy atom. The van der Waals surface area contributed by atoms with Gasteiger partial charge in [-0.3, -0.25) is 0 Å². The number of carbonyl (C=O) groups excluding carboxylic acids is 1. The number of allylic oxidation sites excluding steroid dienone is 1. The molecule has 0 aliphatic heterocycles. The number of rotatable bonds is 3. The third kappa shape index (κ3) is 4.04. The fourth-order valence-corrected chi connectivity index (χ4v) is 13.0. The highest BCUT2D eigenvalue weighted by Crippen LogP contribution is 2.77. The lowest BCUT2D eigenvalue weighted by Gasteiger charge is -2.73. The number of hydrogen-bond acceptors (Lipinski definition) is 3. The van der Waals surface area contributed by atoms with Gasteiger partial charge < -0.3 is 4.74 Å². The van der Waals surface area contributed by atoms with Gasteiger partial charge >= 0.3 is 5.97 Å². The van der Waals surface area contributed by atoms with Crippen LogP contribution >= 0.6 is 0 Å². The van der Waals surface area contributed by atoms with Crippen LogP contribution in [-0.2, 0) is 4.74 Å². The molecular weight excluding hydrogens is 526 g/mol. The second-order valence-electron chi connectivity index (χ2n) is 17.5. The first-order valence-corrected chi connectivity index (χ1v) is 17.5. The molecule has 0 radical (unpaired) electrons. The summed E-state index contributed by atoms with van der Waals surface area (Å²) in [6.45, 7) is 22.4. The molecule has 232 valence electrons. The van der Waals surface area contributed by atoms with E-state index in [2.05, 4.69) is 60.0 Å². The zero-order chi connectivity index (χ0) is 30.6. The summed E-state index contributed by atoms with van der Waals surface area (Å²) in [4.78, 5) is 18.1. The summed E-state index contributed by atoms with van der Waals surface area (Å²) < 4.78 is 6.39. The van der Waals surface area contributed by atoms with Crippen LogP contribution < -0.4 is 0 Å². The smallest absolute Gasteiger partial charge is 0.357 e. The fraction of sp³-hybridized carbons (Fsp3) is 0.700. The van der Waals surface area contributed by atoms with Gasteiger partial charge in [0.1, 0.15) is 11.8 Å². The van der Waals surface area contributed by atoms with E-state index < -0.39 is 0 Å². The van der Waals surface area contributed by atoms with Crippen LogP contribution in [0.5, 0.6) is 0 Å². The zero-order valence-corrected chi connectivity index (χ0v) is 28.0. The molecule has 0 bridgehead atoms. The Hall–Kier alpha value is -2.16. The Labute approximate surface area is 260 Å². The van der Waals surface area contributed by atoms with Gasteiger partial charge in [-0.25, -0.2) is 9.78 Å². The van der Waals surface area contributed by atoms with Gasteiger partial charge in [-0.05, 0) is 135 Å². The summed E-state index contributed by atoms with van der Waals surface area (Å²) in [6, 6.07) is 11.8. The summed E-state index contributed by atoms with van der Waals surface area (Å²) in [5, 5.41) is 1.05. The highest BCUT2D eigenvalue weighted by molar-refractivity contribution is 5.91. The predicted molar refractivity (Wildman–Crippen MR) is 176 cm³/mol. The lowest BCUT2D eigenvalue weighted by molar-refractivity contribution is -0.246. The molecular formula is C40H55NO2.